The average molecular weight is 389 g/mol. The van der Waals surface area contributed by atoms with Crippen molar-refractivity contribution in [2.75, 3.05) is 22.9 Å². The number of carbonyl (C=O) groups is 1. The molecule has 1 N–H and O–H groups in total. The van der Waals surface area contributed by atoms with E-state index < -0.39 is 12.9 Å². The van der Waals surface area contributed by atoms with Gasteiger partial charge in [-0.25, -0.2) is 14.2 Å². The lowest BCUT2D eigenvalue weighted by Crippen LogP contribution is -2.67. The van der Waals surface area contributed by atoms with Gasteiger partial charge in [-0.1, -0.05) is 23.7 Å². The maximum absolute atomic E-state index is 14.5. The Morgan fingerprint density at radius 2 is 2.11 bits per heavy atom. The Morgan fingerprint density at radius 3 is 2.78 bits per heavy atom. The summed E-state index contributed by atoms with van der Waals surface area (Å²) in [4.78, 5) is 22.4. The zero-order valence-corrected chi connectivity index (χ0v) is 15.8. The molecule has 6 nitrogen and oxygen atoms in total. The lowest BCUT2D eigenvalue weighted by atomic mass is 9.80. The van der Waals surface area contributed by atoms with Crippen molar-refractivity contribution in [1.82, 2.24) is 9.79 Å². The number of aryl methyl sites for hydroxylation is 1. The van der Waals surface area contributed by atoms with Crippen LogP contribution >= 0.6 is 11.6 Å². The van der Waals surface area contributed by atoms with Crippen LogP contribution in [0.3, 0.4) is 0 Å². The molecule has 0 radical (unpaired) electrons. The van der Waals surface area contributed by atoms with Gasteiger partial charge in [-0.2, -0.15) is 0 Å². The van der Waals surface area contributed by atoms with Gasteiger partial charge in [0.2, 0.25) is 0 Å². The fourth-order valence-electron chi connectivity index (χ4n) is 3.71. The Bertz CT molecular complexity index is 887. The van der Waals surface area contributed by atoms with Crippen molar-refractivity contribution in [3.8, 4) is 0 Å². The van der Waals surface area contributed by atoms with E-state index in [1.807, 2.05) is 4.81 Å². The van der Waals surface area contributed by atoms with E-state index in [1.54, 1.807) is 43.0 Å². The van der Waals surface area contributed by atoms with Crippen molar-refractivity contribution >= 4 is 36.1 Å². The van der Waals surface area contributed by atoms with Gasteiger partial charge in [-0.05, 0) is 31.4 Å². The highest BCUT2D eigenvalue weighted by Gasteiger charge is 2.43. The number of benzene rings is 1. The van der Waals surface area contributed by atoms with Crippen molar-refractivity contribution in [3.05, 3.63) is 52.6 Å². The number of aromatic nitrogens is 1. The maximum atomic E-state index is 14.5. The lowest BCUT2D eigenvalue weighted by Gasteiger charge is -2.49. The zero-order valence-electron chi connectivity index (χ0n) is 15.1. The molecule has 1 aromatic carbocycles. The van der Waals surface area contributed by atoms with Gasteiger partial charge in [0, 0.05) is 24.8 Å². The molecular weight excluding hydrogens is 369 g/mol. The Hall–Kier alpha value is -2.16. The number of rotatable bonds is 3. The van der Waals surface area contributed by atoms with E-state index in [-0.39, 0.29) is 24.3 Å². The van der Waals surface area contributed by atoms with Crippen molar-refractivity contribution in [2.24, 2.45) is 0 Å². The first-order valence-corrected chi connectivity index (χ1v) is 9.17. The minimum atomic E-state index is -0.577. The quantitative estimate of drug-likeness (QED) is 0.649. The van der Waals surface area contributed by atoms with E-state index in [0.29, 0.717) is 29.5 Å². The second-order valence-corrected chi connectivity index (χ2v) is 7.41. The fourth-order valence-corrected chi connectivity index (χ4v) is 3.87. The minimum Gasteiger partial charge on any atom is -0.437 e. The molecule has 0 atom stereocenters. The van der Waals surface area contributed by atoms with Crippen LogP contribution in [0.2, 0.25) is 12.0 Å². The first kappa shape index (κ1) is 18.2. The maximum Gasteiger partial charge on any atom is 0.376 e. The van der Waals surface area contributed by atoms with Gasteiger partial charge in [0.15, 0.2) is 0 Å². The third-order valence-electron chi connectivity index (χ3n) is 5.20. The zero-order chi connectivity index (χ0) is 19.3. The van der Waals surface area contributed by atoms with Crippen LogP contribution in [0.15, 0.2) is 30.5 Å². The normalized spacial score (nSPS) is 17.7. The summed E-state index contributed by atoms with van der Waals surface area (Å²) in [5.74, 6) is -0.437. The SMILES string of the molecule is CB(O)N1CC(N2C(=O)N(c3c(C)cccc3F)Cc3cnc(Cl)cc32)C1. The summed E-state index contributed by atoms with van der Waals surface area (Å²) in [7, 11) is -0.577. The highest BCUT2D eigenvalue weighted by atomic mass is 35.5. The molecule has 2 aliphatic heterocycles. The molecule has 0 unspecified atom stereocenters. The second-order valence-electron chi connectivity index (χ2n) is 7.02. The van der Waals surface area contributed by atoms with E-state index in [9.17, 15) is 14.2 Å². The smallest absolute Gasteiger partial charge is 0.376 e. The van der Waals surface area contributed by atoms with Crippen LogP contribution in [0.4, 0.5) is 20.6 Å². The van der Waals surface area contributed by atoms with Crippen LogP contribution in [-0.2, 0) is 6.54 Å². The topological polar surface area (TPSA) is 59.9 Å². The molecule has 1 aromatic heterocycles. The Morgan fingerprint density at radius 1 is 1.37 bits per heavy atom. The summed E-state index contributed by atoms with van der Waals surface area (Å²) < 4.78 is 14.5. The molecule has 140 valence electrons. The fraction of sp³-hybridized carbons (Fsp3) is 0.333. The molecule has 3 heterocycles. The number of halogens is 2. The summed E-state index contributed by atoms with van der Waals surface area (Å²) in [6.07, 6.45) is 1.63. The van der Waals surface area contributed by atoms with E-state index in [4.69, 9.17) is 11.6 Å². The molecule has 2 aliphatic rings. The molecule has 4 rings (SSSR count). The van der Waals surface area contributed by atoms with E-state index >= 15 is 0 Å². The van der Waals surface area contributed by atoms with Gasteiger partial charge in [-0.15, -0.1) is 0 Å². The van der Waals surface area contributed by atoms with Gasteiger partial charge in [-0.3, -0.25) is 9.80 Å². The number of pyridine rings is 1. The molecule has 2 amide bonds. The monoisotopic (exact) mass is 388 g/mol. The molecule has 0 bridgehead atoms. The summed E-state index contributed by atoms with van der Waals surface area (Å²) in [5.41, 5.74) is 2.46. The van der Waals surface area contributed by atoms with Crippen molar-refractivity contribution in [3.63, 3.8) is 0 Å². The largest absolute Gasteiger partial charge is 0.437 e. The third-order valence-corrected chi connectivity index (χ3v) is 5.40. The molecule has 0 spiro atoms. The number of amides is 2. The molecule has 9 heteroatoms. The van der Waals surface area contributed by atoms with Crippen LogP contribution < -0.4 is 9.80 Å². The van der Waals surface area contributed by atoms with Crippen molar-refractivity contribution in [1.29, 1.82) is 0 Å². The molecule has 1 saturated heterocycles. The predicted octanol–water partition coefficient (Wildman–Crippen LogP) is 2.92. The Kier molecular flexibility index (Phi) is 4.57. The van der Waals surface area contributed by atoms with Crippen molar-refractivity contribution < 1.29 is 14.2 Å². The molecular formula is C18H19BClFN4O2. The second kappa shape index (κ2) is 6.78. The standard InChI is InChI=1S/C18H19BClFN4O2/c1-11-4-3-5-14(21)17(11)24-8-12-7-22-16(20)6-15(12)25(18(24)26)13-9-23(10-13)19(2)27/h3-7,13,27H,8-10H2,1-2H3. The van der Waals surface area contributed by atoms with Crippen LogP contribution in [0.5, 0.6) is 0 Å². The Labute approximate surface area is 162 Å². The van der Waals surface area contributed by atoms with Crippen LogP contribution in [0.1, 0.15) is 11.1 Å². The molecule has 0 saturated carbocycles. The first-order chi connectivity index (χ1) is 12.9. The van der Waals surface area contributed by atoms with Crippen LogP contribution in [0, 0.1) is 12.7 Å². The molecule has 0 aliphatic carbocycles. The average Bonchev–Trinajstić information content (AvgIpc) is 2.56. The number of nitrogens with zero attached hydrogens (tertiary/aromatic N) is 4. The summed E-state index contributed by atoms with van der Waals surface area (Å²) in [6.45, 7) is 4.77. The highest BCUT2D eigenvalue weighted by molar-refractivity contribution is 6.45. The van der Waals surface area contributed by atoms with Gasteiger partial charge in [0.25, 0.3) is 0 Å². The van der Waals surface area contributed by atoms with Crippen molar-refractivity contribution in [2.45, 2.75) is 26.3 Å². The summed E-state index contributed by atoms with van der Waals surface area (Å²) >= 11 is 6.07. The number of urea groups is 1. The number of fused-ring (bicyclic) bond motifs is 1. The third kappa shape index (κ3) is 3.07. The van der Waals surface area contributed by atoms with Crippen LogP contribution in [0.25, 0.3) is 0 Å². The van der Waals surface area contributed by atoms with Gasteiger partial charge < -0.3 is 9.83 Å². The van der Waals surface area contributed by atoms with E-state index in [1.165, 1.54) is 11.0 Å². The van der Waals surface area contributed by atoms with Crippen LogP contribution in [-0.4, -0.2) is 47.0 Å². The summed E-state index contributed by atoms with van der Waals surface area (Å²) in [5, 5.41) is 10.0. The number of carbonyl (C=O) groups excluding carboxylic acids is 1. The molecule has 1 fully saturated rings. The number of para-hydroxylation sites is 1. The van der Waals surface area contributed by atoms with E-state index in [2.05, 4.69) is 4.98 Å². The summed E-state index contributed by atoms with van der Waals surface area (Å²) in [6, 6.07) is 6.01. The lowest BCUT2D eigenvalue weighted by molar-refractivity contribution is 0.210. The number of hydrogen-bond acceptors (Lipinski definition) is 4. The highest BCUT2D eigenvalue weighted by Crippen LogP contribution is 2.37. The van der Waals surface area contributed by atoms with Gasteiger partial charge >= 0.3 is 13.1 Å². The number of anilines is 2. The minimum absolute atomic E-state index is 0.126. The first-order valence-electron chi connectivity index (χ1n) is 8.79. The van der Waals surface area contributed by atoms with Gasteiger partial charge in [0.05, 0.1) is 24.0 Å². The molecule has 2 aromatic rings. The molecule has 27 heavy (non-hydrogen) atoms. The number of hydrogen-bond donors (Lipinski definition) is 1. The van der Waals surface area contributed by atoms with E-state index in [0.717, 1.165) is 5.56 Å². The predicted molar refractivity (Wildman–Crippen MR) is 104 cm³/mol. The Balaban J connectivity index is 1.76. The van der Waals surface area contributed by atoms with Gasteiger partial charge in [0.1, 0.15) is 11.0 Å².